The summed E-state index contributed by atoms with van der Waals surface area (Å²) in [5.41, 5.74) is -0.862. The SMILES string of the molecule is O=C(Nc1ccccc1C(F)(F)F)C1CCCN(S(=O)(=O)Cc2ccc(Cl)c(Cl)c2)C1. The van der Waals surface area contributed by atoms with Crippen molar-refractivity contribution in [1.29, 1.82) is 0 Å². The Kier molecular flexibility index (Phi) is 7.20. The molecule has 2 aromatic carbocycles. The van der Waals surface area contributed by atoms with Crippen LogP contribution in [0.1, 0.15) is 24.0 Å². The van der Waals surface area contributed by atoms with Crippen LogP contribution in [-0.2, 0) is 26.7 Å². The van der Waals surface area contributed by atoms with Gasteiger partial charge in [0.2, 0.25) is 15.9 Å². The minimum Gasteiger partial charge on any atom is -0.325 e. The van der Waals surface area contributed by atoms with Gasteiger partial charge in [0, 0.05) is 13.1 Å². The number of nitrogens with one attached hydrogen (secondary N) is 1. The fraction of sp³-hybridized carbons (Fsp3) is 0.350. The van der Waals surface area contributed by atoms with Gasteiger partial charge in [0.25, 0.3) is 0 Å². The molecule has 5 nitrogen and oxygen atoms in total. The van der Waals surface area contributed by atoms with Gasteiger partial charge in [0.05, 0.1) is 33.0 Å². The Labute approximate surface area is 188 Å². The highest BCUT2D eigenvalue weighted by molar-refractivity contribution is 7.88. The highest BCUT2D eigenvalue weighted by atomic mass is 35.5. The van der Waals surface area contributed by atoms with Gasteiger partial charge < -0.3 is 5.32 Å². The van der Waals surface area contributed by atoms with E-state index in [4.69, 9.17) is 23.2 Å². The third kappa shape index (κ3) is 5.91. The lowest BCUT2D eigenvalue weighted by Gasteiger charge is -2.31. The Hall–Kier alpha value is -1.81. The molecule has 0 spiro atoms. The van der Waals surface area contributed by atoms with E-state index in [1.807, 2.05) is 0 Å². The molecule has 1 N–H and O–H groups in total. The molecule has 1 heterocycles. The van der Waals surface area contributed by atoms with E-state index >= 15 is 0 Å². The minimum atomic E-state index is -4.62. The van der Waals surface area contributed by atoms with Crippen molar-refractivity contribution in [3.05, 3.63) is 63.6 Å². The first-order chi connectivity index (χ1) is 14.5. The molecule has 2 aromatic rings. The van der Waals surface area contributed by atoms with Crippen LogP contribution in [0.3, 0.4) is 0 Å². The molecule has 0 aliphatic carbocycles. The van der Waals surface area contributed by atoms with Crippen LogP contribution in [0.2, 0.25) is 10.0 Å². The zero-order chi connectivity index (χ0) is 22.8. The van der Waals surface area contributed by atoms with Crippen molar-refractivity contribution in [2.45, 2.75) is 24.8 Å². The number of rotatable bonds is 5. The third-order valence-electron chi connectivity index (χ3n) is 4.97. The summed E-state index contributed by atoms with van der Waals surface area (Å²) in [6.45, 7) is 0.121. The van der Waals surface area contributed by atoms with E-state index in [-0.39, 0.29) is 29.6 Å². The van der Waals surface area contributed by atoms with E-state index in [0.29, 0.717) is 23.4 Å². The molecule has 1 fully saturated rings. The molecular weight excluding hydrogens is 476 g/mol. The molecule has 11 heteroatoms. The van der Waals surface area contributed by atoms with E-state index in [1.165, 1.54) is 34.6 Å². The summed E-state index contributed by atoms with van der Waals surface area (Å²) >= 11 is 11.8. The molecule has 0 aromatic heterocycles. The van der Waals surface area contributed by atoms with Crippen LogP contribution in [0.4, 0.5) is 18.9 Å². The Morgan fingerprint density at radius 1 is 1.13 bits per heavy atom. The lowest BCUT2D eigenvalue weighted by Crippen LogP contribution is -2.44. The summed E-state index contributed by atoms with van der Waals surface area (Å²) < 4.78 is 66.3. The number of carbonyl (C=O) groups is 1. The van der Waals surface area contributed by atoms with Crippen LogP contribution < -0.4 is 5.32 Å². The normalized spacial score (nSPS) is 18.0. The van der Waals surface area contributed by atoms with Gasteiger partial charge in [-0.3, -0.25) is 4.79 Å². The predicted octanol–water partition coefficient (Wildman–Crippen LogP) is 5.19. The number of halogens is 5. The fourth-order valence-electron chi connectivity index (χ4n) is 3.41. The Balaban J connectivity index is 1.71. The molecule has 1 amide bonds. The maximum absolute atomic E-state index is 13.2. The van der Waals surface area contributed by atoms with Gasteiger partial charge in [-0.1, -0.05) is 41.4 Å². The van der Waals surface area contributed by atoms with Crippen molar-refractivity contribution < 1.29 is 26.4 Å². The summed E-state index contributed by atoms with van der Waals surface area (Å²) in [7, 11) is -3.77. The first-order valence-corrected chi connectivity index (χ1v) is 11.7. The van der Waals surface area contributed by atoms with Crippen LogP contribution in [0.25, 0.3) is 0 Å². The summed E-state index contributed by atoms with van der Waals surface area (Å²) in [6, 6.07) is 9.18. The first-order valence-electron chi connectivity index (χ1n) is 9.36. The Morgan fingerprint density at radius 2 is 1.84 bits per heavy atom. The lowest BCUT2D eigenvalue weighted by molar-refractivity contribution is -0.137. The van der Waals surface area contributed by atoms with E-state index in [2.05, 4.69) is 5.32 Å². The smallest absolute Gasteiger partial charge is 0.325 e. The van der Waals surface area contributed by atoms with Crippen molar-refractivity contribution in [3.8, 4) is 0 Å². The highest BCUT2D eigenvalue weighted by Crippen LogP contribution is 2.35. The third-order valence-corrected chi connectivity index (χ3v) is 7.53. The van der Waals surface area contributed by atoms with E-state index < -0.39 is 33.6 Å². The number of anilines is 1. The van der Waals surface area contributed by atoms with Crippen LogP contribution in [-0.4, -0.2) is 31.7 Å². The highest BCUT2D eigenvalue weighted by Gasteiger charge is 2.36. The van der Waals surface area contributed by atoms with Gasteiger partial charge in [-0.15, -0.1) is 0 Å². The Morgan fingerprint density at radius 3 is 2.52 bits per heavy atom. The second kappa shape index (κ2) is 9.36. The van der Waals surface area contributed by atoms with Gasteiger partial charge >= 0.3 is 6.18 Å². The number of hydrogen-bond acceptors (Lipinski definition) is 3. The van der Waals surface area contributed by atoms with Crippen molar-refractivity contribution in [2.75, 3.05) is 18.4 Å². The lowest BCUT2D eigenvalue weighted by atomic mass is 9.98. The summed E-state index contributed by atoms with van der Waals surface area (Å²) in [5, 5.41) is 2.84. The topological polar surface area (TPSA) is 66.5 Å². The number of piperidine rings is 1. The van der Waals surface area contributed by atoms with Crippen molar-refractivity contribution in [2.24, 2.45) is 5.92 Å². The van der Waals surface area contributed by atoms with Crippen molar-refractivity contribution in [1.82, 2.24) is 4.31 Å². The molecule has 1 aliphatic rings. The van der Waals surface area contributed by atoms with E-state index in [0.717, 1.165) is 6.07 Å². The molecule has 0 bridgehead atoms. The largest absolute Gasteiger partial charge is 0.418 e. The quantitative estimate of drug-likeness (QED) is 0.621. The molecule has 3 rings (SSSR count). The number of sulfonamides is 1. The molecule has 31 heavy (non-hydrogen) atoms. The average Bonchev–Trinajstić information content (AvgIpc) is 2.70. The van der Waals surface area contributed by atoms with E-state index in [9.17, 15) is 26.4 Å². The number of nitrogens with zero attached hydrogens (tertiary/aromatic N) is 1. The van der Waals surface area contributed by atoms with Gasteiger partial charge in [-0.25, -0.2) is 12.7 Å². The maximum atomic E-state index is 13.2. The molecule has 1 atom stereocenters. The van der Waals surface area contributed by atoms with Crippen LogP contribution >= 0.6 is 23.2 Å². The zero-order valence-electron chi connectivity index (χ0n) is 16.1. The summed E-state index contributed by atoms with van der Waals surface area (Å²) in [4.78, 5) is 12.6. The zero-order valence-corrected chi connectivity index (χ0v) is 18.5. The Bertz CT molecular complexity index is 1080. The summed E-state index contributed by atoms with van der Waals surface area (Å²) in [5.74, 6) is -1.74. The summed E-state index contributed by atoms with van der Waals surface area (Å²) in [6.07, 6.45) is -3.83. The van der Waals surface area contributed by atoms with Gasteiger partial charge in [0.15, 0.2) is 0 Å². The van der Waals surface area contributed by atoms with Gasteiger partial charge in [0.1, 0.15) is 0 Å². The maximum Gasteiger partial charge on any atom is 0.418 e. The number of carbonyl (C=O) groups excluding carboxylic acids is 1. The van der Waals surface area contributed by atoms with E-state index in [1.54, 1.807) is 6.07 Å². The van der Waals surface area contributed by atoms with Crippen molar-refractivity contribution >= 4 is 44.8 Å². The second-order valence-electron chi connectivity index (χ2n) is 7.23. The van der Waals surface area contributed by atoms with Crippen LogP contribution in [0.15, 0.2) is 42.5 Å². The number of alkyl halides is 3. The molecule has 168 valence electrons. The molecular formula is C20H19Cl2F3N2O3S. The van der Waals surface area contributed by atoms with Crippen molar-refractivity contribution in [3.63, 3.8) is 0 Å². The molecule has 1 saturated heterocycles. The molecule has 1 aliphatic heterocycles. The van der Waals surface area contributed by atoms with Crippen LogP contribution in [0.5, 0.6) is 0 Å². The van der Waals surface area contributed by atoms with Crippen LogP contribution in [0, 0.1) is 5.92 Å². The predicted molar refractivity (Wildman–Crippen MR) is 113 cm³/mol. The second-order valence-corrected chi connectivity index (χ2v) is 10.0. The number of benzene rings is 2. The standard InChI is InChI=1S/C20H19Cl2F3N2O3S/c21-16-8-7-13(10-17(16)22)12-31(29,30)27-9-3-4-14(11-27)19(28)26-18-6-2-1-5-15(18)20(23,24)25/h1-2,5-8,10,14H,3-4,9,11-12H2,(H,26,28). The monoisotopic (exact) mass is 494 g/mol. The fourth-order valence-corrected chi connectivity index (χ4v) is 5.33. The number of hydrogen-bond donors (Lipinski definition) is 1. The van der Waals surface area contributed by atoms with Gasteiger partial charge in [-0.05, 0) is 42.7 Å². The molecule has 1 unspecified atom stereocenters. The number of amides is 1. The number of para-hydroxylation sites is 1. The first kappa shape index (κ1) is 23.8. The molecule has 0 saturated carbocycles. The average molecular weight is 495 g/mol. The van der Waals surface area contributed by atoms with Gasteiger partial charge in [-0.2, -0.15) is 13.2 Å². The molecule has 0 radical (unpaired) electrons. The minimum absolute atomic E-state index is 0.107.